The van der Waals surface area contributed by atoms with Gasteiger partial charge < -0.3 is 9.73 Å². The van der Waals surface area contributed by atoms with Gasteiger partial charge in [-0.3, -0.25) is 4.79 Å². The Hall–Kier alpha value is -3.74. The molecule has 1 amide bonds. The Kier molecular flexibility index (Phi) is 3.80. The van der Waals surface area contributed by atoms with Gasteiger partial charge in [0, 0.05) is 11.3 Å². The van der Waals surface area contributed by atoms with Crippen LogP contribution in [-0.2, 0) is 0 Å². The number of oxazole rings is 1. The fourth-order valence-corrected chi connectivity index (χ4v) is 2.32. The molecule has 2 aromatic heterocycles. The summed E-state index contributed by atoms with van der Waals surface area (Å²) in [5.41, 5.74) is 2.56. The zero-order chi connectivity index (χ0) is 17.1. The van der Waals surface area contributed by atoms with Gasteiger partial charge in [-0.05, 0) is 36.4 Å². The third kappa shape index (κ3) is 3.16. The maximum absolute atomic E-state index is 12.3. The zero-order valence-electron chi connectivity index (χ0n) is 13.0. The summed E-state index contributed by atoms with van der Waals surface area (Å²) in [7, 11) is 0. The third-order valence-corrected chi connectivity index (χ3v) is 3.57. The van der Waals surface area contributed by atoms with Gasteiger partial charge in [0.05, 0.1) is 18.1 Å². The fourth-order valence-electron chi connectivity index (χ4n) is 2.32. The van der Waals surface area contributed by atoms with E-state index in [1.807, 2.05) is 42.5 Å². The van der Waals surface area contributed by atoms with Gasteiger partial charge in [0.1, 0.15) is 0 Å². The maximum atomic E-state index is 12.3. The van der Waals surface area contributed by atoms with Gasteiger partial charge in [0.2, 0.25) is 0 Å². The van der Waals surface area contributed by atoms with Gasteiger partial charge in [-0.1, -0.05) is 18.2 Å². The van der Waals surface area contributed by atoms with Gasteiger partial charge in [-0.25, -0.2) is 4.98 Å². The third-order valence-electron chi connectivity index (χ3n) is 3.57. The molecule has 0 spiro atoms. The molecule has 0 aliphatic heterocycles. The Bertz CT molecular complexity index is 976. The second-order valence-corrected chi connectivity index (χ2v) is 5.25. The molecule has 0 aliphatic carbocycles. The molecule has 0 atom stereocenters. The first kappa shape index (κ1) is 14.8. The molecule has 2 aromatic carbocycles. The molecule has 122 valence electrons. The van der Waals surface area contributed by atoms with Crippen LogP contribution in [0.2, 0.25) is 0 Å². The van der Waals surface area contributed by atoms with Crippen molar-refractivity contribution in [3.8, 4) is 17.0 Å². The Morgan fingerprint density at radius 3 is 2.52 bits per heavy atom. The van der Waals surface area contributed by atoms with E-state index < -0.39 is 0 Å². The molecule has 0 unspecified atom stereocenters. The van der Waals surface area contributed by atoms with Crippen LogP contribution in [0.4, 0.5) is 5.69 Å². The lowest BCUT2D eigenvalue weighted by Gasteiger charge is -2.04. The van der Waals surface area contributed by atoms with Crippen LogP contribution in [0, 0.1) is 0 Å². The van der Waals surface area contributed by atoms with Crippen molar-refractivity contribution in [2.75, 3.05) is 5.32 Å². The highest BCUT2D eigenvalue weighted by atomic mass is 16.3. The monoisotopic (exact) mass is 331 g/mol. The second kappa shape index (κ2) is 6.40. The van der Waals surface area contributed by atoms with E-state index in [2.05, 4.69) is 20.5 Å². The molecule has 0 fully saturated rings. The predicted molar refractivity (Wildman–Crippen MR) is 91.3 cm³/mol. The quantitative estimate of drug-likeness (QED) is 0.621. The van der Waals surface area contributed by atoms with E-state index >= 15 is 0 Å². The van der Waals surface area contributed by atoms with Crippen LogP contribution in [0.3, 0.4) is 0 Å². The van der Waals surface area contributed by atoms with E-state index in [0.717, 1.165) is 11.3 Å². The molecule has 0 saturated heterocycles. The SMILES string of the molecule is O=C(Nc1ccc(-c2cnco2)cc1)c1cnn(-c2ccccc2)n1. The topological polar surface area (TPSA) is 85.8 Å². The number of carbonyl (C=O) groups excluding carboxylic acids is 1. The Morgan fingerprint density at radius 1 is 1.00 bits per heavy atom. The summed E-state index contributed by atoms with van der Waals surface area (Å²) in [6.07, 6.45) is 4.45. The van der Waals surface area contributed by atoms with E-state index in [-0.39, 0.29) is 11.6 Å². The van der Waals surface area contributed by atoms with Gasteiger partial charge in [-0.2, -0.15) is 9.90 Å². The van der Waals surface area contributed by atoms with Crippen LogP contribution < -0.4 is 5.32 Å². The molecular formula is C18H13N5O2. The Balaban J connectivity index is 1.48. The minimum Gasteiger partial charge on any atom is -0.444 e. The van der Waals surface area contributed by atoms with Crippen LogP contribution in [0.25, 0.3) is 17.0 Å². The van der Waals surface area contributed by atoms with Gasteiger partial charge in [-0.15, -0.1) is 5.10 Å². The standard InChI is InChI=1S/C18H13N5O2/c24-18(16-10-20-23(22-16)15-4-2-1-3-5-15)21-14-8-6-13(7-9-14)17-11-19-12-25-17/h1-12H,(H,21,24). The number of hydrogen-bond donors (Lipinski definition) is 1. The van der Waals surface area contributed by atoms with Crippen molar-refractivity contribution in [2.45, 2.75) is 0 Å². The van der Waals surface area contributed by atoms with E-state index in [1.54, 1.807) is 18.3 Å². The first-order chi connectivity index (χ1) is 12.3. The highest BCUT2D eigenvalue weighted by Crippen LogP contribution is 2.21. The molecule has 0 radical (unpaired) electrons. The molecular weight excluding hydrogens is 318 g/mol. The summed E-state index contributed by atoms with van der Waals surface area (Å²) < 4.78 is 5.24. The van der Waals surface area contributed by atoms with Crippen LogP contribution in [0.1, 0.15) is 10.5 Å². The number of rotatable bonds is 4. The van der Waals surface area contributed by atoms with Gasteiger partial charge in [0.25, 0.3) is 5.91 Å². The number of aromatic nitrogens is 4. The first-order valence-corrected chi connectivity index (χ1v) is 7.58. The summed E-state index contributed by atoms with van der Waals surface area (Å²) >= 11 is 0. The lowest BCUT2D eigenvalue weighted by molar-refractivity contribution is 0.102. The average Bonchev–Trinajstić information content (AvgIpc) is 3.35. The summed E-state index contributed by atoms with van der Waals surface area (Å²) in [6, 6.07) is 16.7. The van der Waals surface area contributed by atoms with Crippen LogP contribution in [-0.4, -0.2) is 25.9 Å². The van der Waals surface area contributed by atoms with Gasteiger partial charge >= 0.3 is 0 Å². The number of nitrogens with zero attached hydrogens (tertiary/aromatic N) is 4. The summed E-state index contributed by atoms with van der Waals surface area (Å²) in [5, 5.41) is 11.1. The number of anilines is 1. The molecule has 0 bridgehead atoms. The van der Waals surface area contributed by atoms with Crippen LogP contribution in [0.15, 0.2) is 77.8 Å². The Labute approximate surface area is 142 Å². The van der Waals surface area contributed by atoms with Crippen molar-refractivity contribution < 1.29 is 9.21 Å². The van der Waals surface area contributed by atoms with Crippen LogP contribution in [0.5, 0.6) is 0 Å². The summed E-state index contributed by atoms with van der Waals surface area (Å²) in [4.78, 5) is 17.6. The van der Waals surface area contributed by atoms with Crippen molar-refractivity contribution in [1.82, 2.24) is 20.0 Å². The first-order valence-electron chi connectivity index (χ1n) is 7.58. The Morgan fingerprint density at radius 2 is 1.80 bits per heavy atom. The molecule has 4 aromatic rings. The number of amides is 1. The molecule has 7 nitrogen and oxygen atoms in total. The summed E-state index contributed by atoms with van der Waals surface area (Å²) in [6.45, 7) is 0. The molecule has 7 heteroatoms. The fraction of sp³-hybridized carbons (Fsp3) is 0. The zero-order valence-corrected chi connectivity index (χ0v) is 13.0. The molecule has 4 rings (SSSR count). The normalized spacial score (nSPS) is 10.6. The summed E-state index contributed by atoms with van der Waals surface area (Å²) in [5.74, 6) is 0.346. The highest BCUT2D eigenvalue weighted by molar-refractivity contribution is 6.02. The van der Waals surface area contributed by atoms with Crippen molar-refractivity contribution in [1.29, 1.82) is 0 Å². The molecule has 2 heterocycles. The lowest BCUT2D eigenvalue weighted by atomic mass is 10.1. The molecule has 0 saturated carbocycles. The number of benzene rings is 2. The highest BCUT2D eigenvalue weighted by Gasteiger charge is 2.12. The van der Waals surface area contributed by atoms with Crippen molar-refractivity contribution in [3.05, 3.63) is 79.1 Å². The van der Waals surface area contributed by atoms with E-state index in [4.69, 9.17) is 4.42 Å². The van der Waals surface area contributed by atoms with E-state index in [0.29, 0.717) is 11.4 Å². The number of hydrogen-bond acceptors (Lipinski definition) is 5. The van der Waals surface area contributed by atoms with Crippen molar-refractivity contribution >= 4 is 11.6 Å². The lowest BCUT2D eigenvalue weighted by Crippen LogP contribution is -2.13. The van der Waals surface area contributed by atoms with Crippen LogP contribution >= 0.6 is 0 Å². The minimum atomic E-state index is -0.324. The van der Waals surface area contributed by atoms with E-state index in [9.17, 15) is 4.79 Å². The number of carbonyl (C=O) groups is 1. The molecule has 25 heavy (non-hydrogen) atoms. The predicted octanol–water partition coefficient (Wildman–Crippen LogP) is 3.17. The number of nitrogens with one attached hydrogen (secondary N) is 1. The van der Waals surface area contributed by atoms with Crippen molar-refractivity contribution in [3.63, 3.8) is 0 Å². The van der Waals surface area contributed by atoms with Gasteiger partial charge in [0.15, 0.2) is 17.8 Å². The average molecular weight is 331 g/mol. The second-order valence-electron chi connectivity index (χ2n) is 5.25. The maximum Gasteiger partial charge on any atom is 0.277 e. The molecule has 1 N–H and O–H groups in total. The largest absolute Gasteiger partial charge is 0.444 e. The number of para-hydroxylation sites is 1. The minimum absolute atomic E-state index is 0.239. The van der Waals surface area contributed by atoms with Crippen molar-refractivity contribution in [2.24, 2.45) is 0 Å². The van der Waals surface area contributed by atoms with E-state index in [1.165, 1.54) is 17.4 Å². The molecule has 0 aliphatic rings. The smallest absolute Gasteiger partial charge is 0.277 e.